The van der Waals surface area contributed by atoms with E-state index < -0.39 is 10.8 Å². The van der Waals surface area contributed by atoms with Gasteiger partial charge in [-0.1, -0.05) is 15.9 Å². The van der Waals surface area contributed by atoms with Gasteiger partial charge in [0.25, 0.3) is 11.6 Å². The number of hydrogen-bond donors (Lipinski definition) is 2. The molecule has 1 aromatic rings. The third kappa shape index (κ3) is 3.28. The van der Waals surface area contributed by atoms with Crippen LogP contribution in [0.3, 0.4) is 0 Å². The van der Waals surface area contributed by atoms with Crippen LogP contribution in [-0.4, -0.2) is 29.1 Å². The number of nitro benzene ring substituents is 1. The van der Waals surface area contributed by atoms with E-state index in [4.69, 9.17) is 5.11 Å². The fourth-order valence-corrected chi connectivity index (χ4v) is 1.56. The Bertz CT molecular complexity index is 422. The van der Waals surface area contributed by atoms with Crippen molar-refractivity contribution in [2.75, 3.05) is 13.2 Å². The number of carbonyl (C=O) groups excluding carboxylic acids is 1. The lowest BCUT2D eigenvalue weighted by atomic mass is 10.2. The van der Waals surface area contributed by atoms with Crippen LogP contribution in [0.5, 0.6) is 0 Å². The van der Waals surface area contributed by atoms with Gasteiger partial charge in [0.05, 0.1) is 11.5 Å². The van der Waals surface area contributed by atoms with Gasteiger partial charge in [0.1, 0.15) is 0 Å². The van der Waals surface area contributed by atoms with Crippen molar-refractivity contribution in [3.63, 3.8) is 0 Å². The van der Waals surface area contributed by atoms with E-state index in [-0.39, 0.29) is 24.4 Å². The molecule has 1 rings (SSSR count). The highest BCUT2D eigenvalue weighted by atomic mass is 79.9. The van der Waals surface area contributed by atoms with Crippen LogP contribution in [-0.2, 0) is 0 Å². The Morgan fingerprint density at radius 2 is 2.19 bits per heavy atom. The van der Waals surface area contributed by atoms with Crippen molar-refractivity contribution >= 4 is 27.5 Å². The summed E-state index contributed by atoms with van der Waals surface area (Å²) in [6.07, 6.45) is 0. The zero-order valence-corrected chi connectivity index (χ0v) is 9.73. The van der Waals surface area contributed by atoms with E-state index in [9.17, 15) is 14.9 Å². The van der Waals surface area contributed by atoms with Gasteiger partial charge < -0.3 is 10.4 Å². The van der Waals surface area contributed by atoms with E-state index in [2.05, 4.69) is 21.2 Å². The fourth-order valence-electron chi connectivity index (χ4n) is 1.08. The number of rotatable bonds is 4. The van der Waals surface area contributed by atoms with Crippen LogP contribution in [0.1, 0.15) is 10.4 Å². The molecule has 0 saturated carbocycles. The predicted molar refractivity (Wildman–Crippen MR) is 60.2 cm³/mol. The second-order valence-electron chi connectivity index (χ2n) is 2.93. The zero-order chi connectivity index (χ0) is 12.1. The second-order valence-corrected chi connectivity index (χ2v) is 3.85. The average Bonchev–Trinajstić information content (AvgIpc) is 2.24. The van der Waals surface area contributed by atoms with Gasteiger partial charge in [0.2, 0.25) is 0 Å². The van der Waals surface area contributed by atoms with Crippen molar-refractivity contribution in [1.29, 1.82) is 0 Å². The molecule has 0 fully saturated rings. The first-order chi connectivity index (χ1) is 7.54. The van der Waals surface area contributed by atoms with Crippen LogP contribution in [0.25, 0.3) is 0 Å². The predicted octanol–water partition coefficient (Wildman–Crippen LogP) is 1.08. The van der Waals surface area contributed by atoms with E-state index in [0.717, 1.165) is 0 Å². The number of carbonyl (C=O) groups is 1. The minimum atomic E-state index is -0.576. The number of nitrogens with zero attached hydrogens (tertiary/aromatic N) is 1. The number of benzene rings is 1. The molecule has 16 heavy (non-hydrogen) atoms. The number of halogens is 1. The molecule has 0 atom stereocenters. The largest absolute Gasteiger partial charge is 0.395 e. The van der Waals surface area contributed by atoms with Gasteiger partial charge in [-0.3, -0.25) is 14.9 Å². The molecule has 0 unspecified atom stereocenters. The minimum absolute atomic E-state index is 0.110. The number of nitro groups is 1. The lowest BCUT2D eigenvalue weighted by molar-refractivity contribution is -0.385. The van der Waals surface area contributed by atoms with Crippen LogP contribution < -0.4 is 5.32 Å². The molecule has 0 radical (unpaired) electrons. The monoisotopic (exact) mass is 288 g/mol. The van der Waals surface area contributed by atoms with Gasteiger partial charge in [-0.2, -0.15) is 0 Å². The molecule has 0 aliphatic carbocycles. The maximum atomic E-state index is 11.5. The number of aliphatic hydroxyl groups is 1. The number of non-ortho nitro benzene ring substituents is 1. The molecular weight excluding hydrogens is 280 g/mol. The molecule has 0 saturated heterocycles. The fraction of sp³-hybridized carbons (Fsp3) is 0.222. The summed E-state index contributed by atoms with van der Waals surface area (Å²) < 4.78 is 0.454. The second kappa shape index (κ2) is 5.57. The van der Waals surface area contributed by atoms with Gasteiger partial charge in [0.15, 0.2) is 0 Å². The first-order valence-electron chi connectivity index (χ1n) is 4.38. The first-order valence-corrected chi connectivity index (χ1v) is 5.18. The van der Waals surface area contributed by atoms with E-state index in [0.29, 0.717) is 4.47 Å². The summed E-state index contributed by atoms with van der Waals surface area (Å²) in [6, 6.07) is 3.96. The Hall–Kier alpha value is -1.47. The summed E-state index contributed by atoms with van der Waals surface area (Å²) in [7, 11) is 0. The average molecular weight is 289 g/mol. The summed E-state index contributed by atoms with van der Waals surface area (Å²) >= 11 is 3.08. The van der Waals surface area contributed by atoms with Gasteiger partial charge >= 0.3 is 0 Å². The maximum Gasteiger partial charge on any atom is 0.271 e. The third-order valence-corrected chi connectivity index (χ3v) is 2.21. The zero-order valence-electron chi connectivity index (χ0n) is 8.14. The van der Waals surface area contributed by atoms with Gasteiger partial charge in [0, 0.05) is 28.7 Å². The topological polar surface area (TPSA) is 92.5 Å². The van der Waals surface area contributed by atoms with Crippen LogP contribution in [0.15, 0.2) is 22.7 Å². The Balaban J connectivity index is 2.95. The number of amides is 1. The van der Waals surface area contributed by atoms with E-state index in [1.54, 1.807) is 0 Å². The normalized spacial score (nSPS) is 9.88. The molecule has 0 aliphatic heterocycles. The molecule has 7 heteroatoms. The van der Waals surface area contributed by atoms with Crippen LogP contribution in [0.2, 0.25) is 0 Å². The van der Waals surface area contributed by atoms with Gasteiger partial charge in [-0.25, -0.2) is 0 Å². The highest BCUT2D eigenvalue weighted by Crippen LogP contribution is 2.21. The maximum absolute atomic E-state index is 11.5. The molecule has 0 spiro atoms. The van der Waals surface area contributed by atoms with Gasteiger partial charge in [-0.05, 0) is 6.07 Å². The third-order valence-electron chi connectivity index (χ3n) is 1.75. The van der Waals surface area contributed by atoms with Crippen molar-refractivity contribution in [3.8, 4) is 0 Å². The standard InChI is InChI=1S/C9H9BrN2O4/c10-7-3-6(9(14)11-1-2-13)4-8(5-7)12(15)16/h3-5,13H,1-2H2,(H,11,14). The molecule has 0 bridgehead atoms. The number of aliphatic hydroxyl groups excluding tert-OH is 1. The molecular formula is C9H9BrN2O4. The van der Waals surface area contributed by atoms with E-state index in [1.165, 1.54) is 18.2 Å². The smallest absolute Gasteiger partial charge is 0.271 e. The molecule has 2 N–H and O–H groups in total. The van der Waals surface area contributed by atoms with Crippen molar-refractivity contribution in [2.45, 2.75) is 0 Å². The summed E-state index contributed by atoms with van der Waals surface area (Å²) in [4.78, 5) is 21.4. The van der Waals surface area contributed by atoms with Gasteiger partial charge in [-0.15, -0.1) is 0 Å². The van der Waals surface area contributed by atoms with Crippen LogP contribution in [0.4, 0.5) is 5.69 Å². The molecule has 86 valence electrons. The first kappa shape index (κ1) is 12.6. The molecule has 6 nitrogen and oxygen atoms in total. The quantitative estimate of drug-likeness (QED) is 0.640. The Labute approximate surface area is 99.6 Å². The van der Waals surface area contributed by atoms with E-state index in [1.807, 2.05) is 0 Å². The lowest BCUT2D eigenvalue weighted by Gasteiger charge is -2.03. The molecule has 0 aromatic heterocycles. The summed E-state index contributed by atoms with van der Waals surface area (Å²) in [5.41, 5.74) is 0.0121. The van der Waals surface area contributed by atoms with Crippen LogP contribution in [0, 0.1) is 10.1 Å². The highest BCUT2D eigenvalue weighted by molar-refractivity contribution is 9.10. The van der Waals surface area contributed by atoms with Crippen molar-refractivity contribution in [1.82, 2.24) is 5.32 Å². The van der Waals surface area contributed by atoms with Crippen molar-refractivity contribution in [3.05, 3.63) is 38.3 Å². The minimum Gasteiger partial charge on any atom is -0.395 e. The van der Waals surface area contributed by atoms with E-state index >= 15 is 0 Å². The molecule has 1 amide bonds. The molecule has 0 heterocycles. The summed E-state index contributed by atoms with van der Waals surface area (Å²) in [5, 5.41) is 21.5. The number of hydrogen-bond acceptors (Lipinski definition) is 4. The SMILES string of the molecule is O=C(NCCO)c1cc(Br)cc([N+](=O)[O-])c1. The molecule has 1 aromatic carbocycles. The summed E-state index contributed by atoms with van der Waals surface area (Å²) in [5.74, 6) is -0.460. The molecule has 0 aliphatic rings. The lowest BCUT2D eigenvalue weighted by Crippen LogP contribution is -2.26. The number of nitrogens with one attached hydrogen (secondary N) is 1. The Morgan fingerprint density at radius 1 is 1.50 bits per heavy atom. The van der Waals surface area contributed by atoms with Crippen molar-refractivity contribution < 1.29 is 14.8 Å². The Kier molecular flexibility index (Phi) is 4.39. The van der Waals surface area contributed by atoms with Crippen molar-refractivity contribution in [2.24, 2.45) is 0 Å². The highest BCUT2D eigenvalue weighted by Gasteiger charge is 2.13. The Morgan fingerprint density at radius 3 is 2.75 bits per heavy atom. The summed E-state index contributed by atoms with van der Waals surface area (Å²) in [6.45, 7) is -0.0685. The van der Waals surface area contributed by atoms with Crippen LogP contribution >= 0.6 is 15.9 Å².